The highest BCUT2D eigenvalue weighted by Gasteiger charge is 2.50. The number of nitrogens with zero attached hydrogens (tertiary/aromatic N) is 2. The van der Waals surface area contributed by atoms with Crippen molar-refractivity contribution in [3.8, 4) is 0 Å². The number of halogens is 2. The van der Waals surface area contributed by atoms with E-state index in [1.807, 2.05) is 0 Å². The summed E-state index contributed by atoms with van der Waals surface area (Å²) in [5.74, 6) is -2.89. The average molecular weight is 282 g/mol. The third-order valence-electron chi connectivity index (χ3n) is 3.84. The molecular formula is C13H12F2N2O3. The molecule has 0 radical (unpaired) electrons. The minimum atomic E-state index is -2.71. The maximum atomic E-state index is 13.0. The number of carbonyl (C=O) groups excluding carboxylic acids is 1. The number of aryl methyl sites for hydroxylation is 1. The Morgan fingerprint density at radius 1 is 1.30 bits per heavy atom. The molecule has 0 N–H and O–H groups in total. The Hall–Kier alpha value is -2.05. The van der Waals surface area contributed by atoms with E-state index in [9.17, 15) is 23.7 Å². The molecule has 7 heteroatoms. The average Bonchev–Trinajstić information content (AvgIpc) is 2.35. The molecule has 0 atom stereocenters. The third kappa shape index (κ3) is 2.03. The quantitative estimate of drug-likeness (QED) is 0.618. The van der Waals surface area contributed by atoms with Crippen LogP contribution in [-0.4, -0.2) is 22.8 Å². The molecule has 0 aromatic heterocycles. The molecule has 1 aliphatic heterocycles. The van der Waals surface area contributed by atoms with Gasteiger partial charge in [0.15, 0.2) is 0 Å². The van der Waals surface area contributed by atoms with Crippen molar-refractivity contribution < 1.29 is 18.5 Å². The molecule has 0 saturated heterocycles. The Balaban J connectivity index is 1.94. The summed E-state index contributed by atoms with van der Waals surface area (Å²) in [6, 6.07) is 3.71. The molecule has 20 heavy (non-hydrogen) atoms. The maximum absolute atomic E-state index is 13.0. The maximum Gasteiger partial charge on any atom is 0.269 e. The van der Waals surface area contributed by atoms with Crippen LogP contribution in [0.5, 0.6) is 0 Å². The molecule has 0 spiro atoms. The molecule has 1 amide bonds. The first-order valence-electron chi connectivity index (χ1n) is 6.35. The van der Waals surface area contributed by atoms with Gasteiger partial charge in [-0.05, 0) is 18.1 Å². The summed E-state index contributed by atoms with van der Waals surface area (Å²) >= 11 is 0. The summed E-state index contributed by atoms with van der Waals surface area (Å²) in [5, 5.41) is 10.7. The molecule has 1 heterocycles. The van der Waals surface area contributed by atoms with Crippen molar-refractivity contribution in [2.45, 2.75) is 37.6 Å². The third-order valence-corrected chi connectivity index (χ3v) is 3.84. The Morgan fingerprint density at radius 2 is 2.00 bits per heavy atom. The molecule has 2 aliphatic rings. The van der Waals surface area contributed by atoms with Gasteiger partial charge in [-0.15, -0.1) is 0 Å². The number of alkyl halides is 2. The summed E-state index contributed by atoms with van der Waals surface area (Å²) < 4.78 is 26.0. The van der Waals surface area contributed by atoms with Gasteiger partial charge in [0, 0.05) is 43.1 Å². The van der Waals surface area contributed by atoms with E-state index < -0.39 is 16.9 Å². The summed E-state index contributed by atoms with van der Waals surface area (Å²) in [6.07, 6.45) is -0.0595. The first kappa shape index (κ1) is 13.0. The molecule has 1 aliphatic carbocycles. The highest BCUT2D eigenvalue weighted by atomic mass is 19.3. The smallest absolute Gasteiger partial charge is 0.269 e. The lowest BCUT2D eigenvalue weighted by Gasteiger charge is -2.44. The Kier molecular flexibility index (Phi) is 2.74. The van der Waals surface area contributed by atoms with Crippen LogP contribution >= 0.6 is 0 Å². The van der Waals surface area contributed by atoms with Crippen molar-refractivity contribution in [3.05, 3.63) is 33.9 Å². The van der Waals surface area contributed by atoms with Crippen molar-refractivity contribution >= 4 is 17.3 Å². The van der Waals surface area contributed by atoms with Gasteiger partial charge in [0.2, 0.25) is 5.91 Å². The molecule has 1 fully saturated rings. The standard InChI is InChI=1S/C13H12F2N2O3/c14-13(15)6-10(7-13)16-11-3-2-9(17(19)20)5-8(11)1-4-12(16)18/h2-3,5,10H,1,4,6-7H2. The zero-order valence-electron chi connectivity index (χ0n) is 10.5. The zero-order chi connectivity index (χ0) is 14.5. The zero-order valence-corrected chi connectivity index (χ0v) is 10.5. The van der Waals surface area contributed by atoms with Gasteiger partial charge in [-0.25, -0.2) is 8.78 Å². The van der Waals surface area contributed by atoms with Crippen molar-refractivity contribution in [3.63, 3.8) is 0 Å². The second-order valence-electron chi connectivity index (χ2n) is 5.25. The van der Waals surface area contributed by atoms with Crippen LogP contribution in [-0.2, 0) is 11.2 Å². The summed E-state index contributed by atoms with van der Waals surface area (Å²) in [4.78, 5) is 23.6. The largest absolute Gasteiger partial charge is 0.309 e. The number of fused-ring (bicyclic) bond motifs is 1. The van der Waals surface area contributed by atoms with Gasteiger partial charge in [-0.3, -0.25) is 14.9 Å². The Bertz CT molecular complexity index is 595. The van der Waals surface area contributed by atoms with E-state index >= 15 is 0 Å². The molecule has 1 saturated carbocycles. The predicted octanol–water partition coefficient (Wildman–Crippen LogP) is 2.67. The topological polar surface area (TPSA) is 63.4 Å². The number of benzene rings is 1. The number of amides is 1. The Labute approximate surface area is 113 Å². The fourth-order valence-corrected chi connectivity index (χ4v) is 2.83. The monoisotopic (exact) mass is 282 g/mol. The lowest BCUT2D eigenvalue weighted by molar-refractivity contribution is -0.384. The number of non-ortho nitro benzene ring substituents is 1. The predicted molar refractivity (Wildman–Crippen MR) is 66.9 cm³/mol. The van der Waals surface area contributed by atoms with E-state index in [0.717, 1.165) is 0 Å². The van der Waals surface area contributed by atoms with E-state index in [2.05, 4.69) is 0 Å². The van der Waals surface area contributed by atoms with E-state index in [4.69, 9.17) is 0 Å². The van der Waals surface area contributed by atoms with Crippen LogP contribution in [0.3, 0.4) is 0 Å². The summed E-state index contributed by atoms with van der Waals surface area (Å²) in [5.41, 5.74) is 1.17. The van der Waals surface area contributed by atoms with Crippen LogP contribution in [0.1, 0.15) is 24.8 Å². The Morgan fingerprint density at radius 3 is 2.60 bits per heavy atom. The van der Waals surface area contributed by atoms with Crippen molar-refractivity contribution in [2.24, 2.45) is 0 Å². The molecule has 3 rings (SSSR count). The minimum absolute atomic E-state index is 0.0445. The summed E-state index contributed by atoms with van der Waals surface area (Å²) in [6.45, 7) is 0. The van der Waals surface area contributed by atoms with Crippen LogP contribution in [0.2, 0.25) is 0 Å². The van der Waals surface area contributed by atoms with Gasteiger partial charge < -0.3 is 4.90 Å². The number of nitro groups is 1. The van der Waals surface area contributed by atoms with Gasteiger partial charge in [0.25, 0.3) is 11.6 Å². The van der Waals surface area contributed by atoms with Crippen molar-refractivity contribution in [1.82, 2.24) is 0 Å². The van der Waals surface area contributed by atoms with Gasteiger partial charge in [-0.2, -0.15) is 0 Å². The van der Waals surface area contributed by atoms with E-state index in [1.165, 1.54) is 23.1 Å². The number of anilines is 1. The molecule has 1 aromatic carbocycles. The molecule has 5 nitrogen and oxygen atoms in total. The van der Waals surface area contributed by atoms with Crippen LogP contribution in [0.25, 0.3) is 0 Å². The van der Waals surface area contributed by atoms with Crippen LogP contribution < -0.4 is 4.90 Å². The van der Waals surface area contributed by atoms with Crippen LogP contribution in [0, 0.1) is 10.1 Å². The highest BCUT2D eigenvalue weighted by Crippen LogP contribution is 2.44. The van der Waals surface area contributed by atoms with E-state index in [-0.39, 0.29) is 30.9 Å². The summed E-state index contributed by atoms with van der Waals surface area (Å²) in [7, 11) is 0. The second-order valence-corrected chi connectivity index (χ2v) is 5.25. The molecular weight excluding hydrogens is 270 g/mol. The van der Waals surface area contributed by atoms with Gasteiger partial charge in [0.1, 0.15) is 0 Å². The number of hydrogen-bond acceptors (Lipinski definition) is 3. The first-order valence-corrected chi connectivity index (χ1v) is 6.35. The minimum Gasteiger partial charge on any atom is -0.309 e. The first-order chi connectivity index (χ1) is 9.37. The van der Waals surface area contributed by atoms with Gasteiger partial charge >= 0.3 is 0 Å². The molecule has 0 bridgehead atoms. The molecule has 0 unspecified atom stereocenters. The lowest BCUT2D eigenvalue weighted by Crippen LogP contribution is -2.54. The van der Waals surface area contributed by atoms with Crippen molar-refractivity contribution in [1.29, 1.82) is 0 Å². The van der Waals surface area contributed by atoms with E-state index in [1.54, 1.807) is 0 Å². The SMILES string of the molecule is O=C1CCc2cc([N+](=O)[O-])ccc2N1C1CC(F)(F)C1. The van der Waals surface area contributed by atoms with Crippen molar-refractivity contribution in [2.75, 3.05) is 4.90 Å². The number of rotatable bonds is 2. The number of hydrogen-bond donors (Lipinski definition) is 0. The van der Waals surface area contributed by atoms with Gasteiger partial charge in [-0.1, -0.05) is 0 Å². The van der Waals surface area contributed by atoms with Gasteiger partial charge in [0.05, 0.1) is 4.92 Å². The molecule has 106 valence electrons. The molecule has 1 aromatic rings. The highest BCUT2D eigenvalue weighted by molar-refractivity contribution is 5.97. The number of carbonyl (C=O) groups is 1. The fraction of sp³-hybridized carbons (Fsp3) is 0.462. The van der Waals surface area contributed by atoms with Crippen LogP contribution in [0.15, 0.2) is 18.2 Å². The fourth-order valence-electron chi connectivity index (χ4n) is 2.83. The van der Waals surface area contributed by atoms with E-state index in [0.29, 0.717) is 17.7 Å². The van der Waals surface area contributed by atoms with Crippen LogP contribution in [0.4, 0.5) is 20.2 Å². The number of nitro benzene ring substituents is 1. The second kappa shape index (κ2) is 4.22. The normalized spacial score (nSPS) is 21.3. The lowest BCUT2D eigenvalue weighted by atomic mass is 9.84.